The fourth-order valence-electron chi connectivity index (χ4n) is 2.87. The fraction of sp³-hybridized carbons (Fsp3) is 0.571. The van der Waals surface area contributed by atoms with Gasteiger partial charge in [-0.05, 0) is 45.1 Å². The predicted molar refractivity (Wildman–Crippen MR) is 80.5 cm³/mol. The van der Waals surface area contributed by atoms with Crippen molar-refractivity contribution >= 4 is 27.5 Å². The summed E-state index contributed by atoms with van der Waals surface area (Å²) in [6.07, 6.45) is 4.56. The van der Waals surface area contributed by atoms with E-state index >= 15 is 0 Å². The monoisotopic (exact) mass is 277 g/mol. The van der Waals surface area contributed by atoms with E-state index in [1.807, 2.05) is 20.9 Å². The van der Waals surface area contributed by atoms with Gasteiger partial charge >= 0.3 is 0 Å². The van der Waals surface area contributed by atoms with Gasteiger partial charge in [0, 0.05) is 18.0 Å². The van der Waals surface area contributed by atoms with Crippen molar-refractivity contribution in [1.29, 1.82) is 0 Å². The Morgan fingerprint density at radius 2 is 2.05 bits per heavy atom. The Balaban J connectivity index is 2.38. The normalized spacial score (nSPS) is 14.9. The molecule has 0 radical (unpaired) electrons. The number of hydrogen-bond donors (Lipinski definition) is 1. The number of fused-ring (bicyclic) bond motifs is 3. The minimum Gasteiger partial charge on any atom is -0.359 e. The SMILES string of the molecule is CNc1nc2sc3c(c2c(=O)n1C(C)C)CCCC3. The van der Waals surface area contributed by atoms with Crippen LogP contribution >= 0.6 is 11.3 Å². The van der Waals surface area contributed by atoms with E-state index < -0.39 is 0 Å². The van der Waals surface area contributed by atoms with Gasteiger partial charge in [-0.3, -0.25) is 9.36 Å². The molecule has 1 aliphatic carbocycles. The number of aryl methyl sites for hydroxylation is 2. The van der Waals surface area contributed by atoms with Gasteiger partial charge in [-0.25, -0.2) is 4.98 Å². The predicted octanol–water partition coefficient (Wildman–Crippen LogP) is 2.96. The lowest BCUT2D eigenvalue weighted by molar-refractivity contribution is 0.581. The first kappa shape index (κ1) is 12.7. The van der Waals surface area contributed by atoms with Crippen molar-refractivity contribution < 1.29 is 0 Å². The highest BCUT2D eigenvalue weighted by molar-refractivity contribution is 7.18. The van der Waals surface area contributed by atoms with Crippen LogP contribution in [0.1, 0.15) is 43.2 Å². The van der Waals surface area contributed by atoms with Gasteiger partial charge in [0.2, 0.25) is 5.95 Å². The van der Waals surface area contributed by atoms with Crippen LogP contribution in [0.4, 0.5) is 5.95 Å². The van der Waals surface area contributed by atoms with E-state index in [0.29, 0.717) is 5.95 Å². The smallest absolute Gasteiger partial charge is 0.264 e. The van der Waals surface area contributed by atoms with Gasteiger partial charge in [0.25, 0.3) is 5.56 Å². The minimum atomic E-state index is 0.115. The summed E-state index contributed by atoms with van der Waals surface area (Å²) in [6, 6.07) is 0.117. The highest BCUT2D eigenvalue weighted by atomic mass is 32.1. The molecule has 1 N–H and O–H groups in total. The van der Waals surface area contributed by atoms with E-state index in [-0.39, 0.29) is 11.6 Å². The Labute approximate surface area is 116 Å². The van der Waals surface area contributed by atoms with Gasteiger partial charge in [0.1, 0.15) is 4.83 Å². The Morgan fingerprint density at radius 1 is 1.32 bits per heavy atom. The lowest BCUT2D eigenvalue weighted by Gasteiger charge is -2.15. The van der Waals surface area contributed by atoms with E-state index in [1.54, 1.807) is 15.9 Å². The molecule has 2 aromatic rings. The van der Waals surface area contributed by atoms with Crippen molar-refractivity contribution in [3.8, 4) is 0 Å². The number of rotatable bonds is 2. The second-order valence-corrected chi connectivity index (χ2v) is 6.43. The molecule has 0 aliphatic heterocycles. The zero-order chi connectivity index (χ0) is 13.6. The van der Waals surface area contributed by atoms with Crippen molar-refractivity contribution in [3.63, 3.8) is 0 Å². The van der Waals surface area contributed by atoms with Gasteiger partial charge in [-0.2, -0.15) is 0 Å². The molecule has 5 heteroatoms. The zero-order valence-electron chi connectivity index (χ0n) is 11.6. The van der Waals surface area contributed by atoms with Crippen LogP contribution in [0.3, 0.4) is 0 Å². The van der Waals surface area contributed by atoms with Crippen LogP contribution in [-0.4, -0.2) is 16.6 Å². The first-order valence-corrected chi connectivity index (χ1v) is 7.69. The standard InChI is InChI=1S/C14H19N3OS/c1-8(2)17-13(18)11-9-6-4-5-7-10(9)19-12(11)16-14(17)15-3/h8H,4-7H2,1-3H3,(H,15,16). The molecule has 0 bridgehead atoms. The van der Waals surface area contributed by atoms with Crippen molar-refractivity contribution in [2.75, 3.05) is 12.4 Å². The number of hydrogen-bond acceptors (Lipinski definition) is 4. The molecule has 2 heterocycles. The number of thiophene rings is 1. The zero-order valence-corrected chi connectivity index (χ0v) is 12.4. The molecule has 0 fully saturated rings. The average Bonchev–Trinajstić information content (AvgIpc) is 2.76. The quantitative estimate of drug-likeness (QED) is 0.918. The molecule has 4 nitrogen and oxygen atoms in total. The molecule has 0 aromatic carbocycles. The summed E-state index contributed by atoms with van der Waals surface area (Å²) < 4.78 is 1.77. The number of aromatic nitrogens is 2. The molecule has 0 saturated heterocycles. The first-order valence-electron chi connectivity index (χ1n) is 6.88. The fourth-order valence-corrected chi connectivity index (χ4v) is 4.12. The van der Waals surface area contributed by atoms with Crippen molar-refractivity contribution in [2.45, 2.75) is 45.6 Å². The summed E-state index contributed by atoms with van der Waals surface area (Å²) in [7, 11) is 1.82. The molecular formula is C14H19N3OS. The van der Waals surface area contributed by atoms with Crippen molar-refractivity contribution in [3.05, 3.63) is 20.8 Å². The van der Waals surface area contributed by atoms with Crippen molar-refractivity contribution in [2.24, 2.45) is 0 Å². The molecule has 0 atom stereocenters. The molecule has 3 rings (SSSR count). The van der Waals surface area contributed by atoms with Crippen molar-refractivity contribution in [1.82, 2.24) is 9.55 Å². The van der Waals surface area contributed by atoms with E-state index in [4.69, 9.17) is 0 Å². The van der Waals surface area contributed by atoms with E-state index in [0.717, 1.165) is 23.1 Å². The van der Waals surface area contributed by atoms with Crippen LogP contribution in [-0.2, 0) is 12.8 Å². The van der Waals surface area contributed by atoms with Gasteiger partial charge in [-0.15, -0.1) is 11.3 Å². The van der Waals surface area contributed by atoms with Crippen LogP contribution < -0.4 is 10.9 Å². The van der Waals surface area contributed by atoms with Crippen LogP contribution in [0.2, 0.25) is 0 Å². The summed E-state index contributed by atoms with van der Waals surface area (Å²) in [5.74, 6) is 0.672. The Morgan fingerprint density at radius 3 is 2.74 bits per heavy atom. The summed E-state index contributed by atoms with van der Waals surface area (Å²) in [6.45, 7) is 4.04. The maximum absolute atomic E-state index is 12.8. The molecule has 102 valence electrons. The summed E-state index contributed by atoms with van der Waals surface area (Å²) >= 11 is 1.70. The summed E-state index contributed by atoms with van der Waals surface area (Å²) in [5.41, 5.74) is 1.38. The van der Waals surface area contributed by atoms with E-state index in [2.05, 4.69) is 10.3 Å². The Hall–Kier alpha value is -1.36. The van der Waals surface area contributed by atoms with Crippen LogP contribution in [0.5, 0.6) is 0 Å². The van der Waals surface area contributed by atoms with Gasteiger partial charge in [-0.1, -0.05) is 0 Å². The van der Waals surface area contributed by atoms with Gasteiger partial charge < -0.3 is 5.32 Å². The number of nitrogens with zero attached hydrogens (tertiary/aromatic N) is 2. The number of nitrogens with one attached hydrogen (secondary N) is 1. The summed E-state index contributed by atoms with van der Waals surface area (Å²) in [5, 5.41) is 3.92. The third kappa shape index (κ3) is 1.87. The molecule has 0 amide bonds. The second-order valence-electron chi connectivity index (χ2n) is 5.35. The highest BCUT2D eigenvalue weighted by Crippen LogP contribution is 2.34. The molecule has 0 saturated carbocycles. The van der Waals surface area contributed by atoms with Gasteiger partial charge in [0.15, 0.2) is 0 Å². The molecule has 0 unspecified atom stereocenters. The lowest BCUT2D eigenvalue weighted by Crippen LogP contribution is -2.26. The lowest BCUT2D eigenvalue weighted by atomic mass is 9.97. The largest absolute Gasteiger partial charge is 0.359 e. The molecule has 1 aliphatic rings. The molecule has 0 spiro atoms. The molecule has 19 heavy (non-hydrogen) atoms. The van der Waals surface area contributed by atoms with E-state index in [9.17, 15) is 4.79 Å². The number of anilines is 1. The Bertz CT molecular complexity index is 684. The topological polar surface area (TPSA) is 46.9 Å². The highest BCUT2D eigenvalue weighted by Gasteiger charge is 2.22. The van der Waals surface area contributed by atoms with Crippen LogP contribution in [0.15, 0.2) is 4.79 Å². The third-order valence-corrected chi connectivity index (χ3v) is 4.95. The van der Waals surface area contributed by atoms with E-state index in [1.165, 1.54) is 23.3 Å². The molecule has 2 aromatic heterocycles. The average molecular weight is 277 g/mol. The van der Waals surface area contributed by atoms with Crippen LogP contribution in [0.25, 0.3) is 10.2 Å². The van der Waals surface area contributed by atoms with Crippen LogP contribution in [0, 0.1) is 0 Å². The second kappa shape index (κ2) is 4.63. The third-order valence-electron chi connectivity index (χ3n) is 3.76. The first-order chi connectivity index (χ1) is 9.13. The maximum atomic E-state index is 12.8. The maximum Gasteiger partial charge on any atom is 0.264 e. The summed E-state index contributed by atoms with van der Waals surface area (Å²) in [4.78, 5) is 19.7. The Kier molecular flexibility index (Phi) is 3.09. The minimum absolute atomic E-state index is 0.115. The molecular weight excluding hydrogens is 258 g/mol. The van der Waals surface area contributed by atoms with Gasteiger partial charge in [0.05, 0.1) is 5.39 Å².